The van der Waals surface area contributed by atoms with Crippen molar-refractivity contribution in [3.63, 3.8) is 0 Å². The molecule has 0 aromatic carbocycles. The number of pyridine rings is 1. The summed E-state index contributed by atoms with van der Waals surface area (Å²) in [5.41, 5.74) is 0.935. The largest absolute Gasteiger partial charge is 0.340 e. The number of hydrogen-bond acceptors (Lipinski definition) is 6. The topological polar surface area (TPSA) is 113 Å². The van der Waals surface area contributed by atoms with E-state index < -0.39 is 21.9 Å². The van der Waals surface area contributed by atoms with Crippen LogP contribution in [0.3, 0.4) is 0 Å². The second kappa shape index (κ2) is 6.70. The third-order valence-electron chi connectivity index (χ3n) is 2.55. The normalized spacial score (nSPS) is 11.3. The summed E-state index contributed by atoms with van der Waals surface area (Å²) in [5, 5.41) is 2.93. The maximum absolute atomic E-state index is 11.4. The van der Waals surface area contributed by atoms with Crippen molar-refractivity contribution in [3.8, 4) is 10.6 Å². The quantitative estimate of drug-likeness (QED) is 0.562. The van der Waals surface area contributed by atoms with Gasteiger partial charge in [0.1, 0.15) is 17.2 Å². The Balaban J connectivity index is 1.85. The van der Waals surface area contributed by atoms with Crippen molar-refractivity contribution in [2.24, 2.45) is 0 Å². The highest BCUT2D eigenvalue weighted by Crippen LogP contribution is 2.17. The Kier molecular flexibility index (Phi) is 4.94. The smallest absolute Gasteiger partial charge is 0.283 e. The number of aryl methyl sites for hydroxylation is 1. The fraction of sp³-hybridized carbons (Fsp3) is 0.273. The van der Waals surface area contributed by atoms with E-state index in [2.05, 4.69) is 14.7 Å². The Labute approximate surface area is 125 Å². The third kappa shape index (κ3) is 5.17. The van der Waals surface area contributed by atoms with Crippen LogP contribution in [0.2, 0.25) is 0 Å². The van der Waals surface area contributed by atoms with Crippen molar-refractivity contribution in [1.29, 1.82) is 0 Å². The van der Waals surface area contributed by atoms with E-state index in [0.29, 0.717) is 6.54 Å². The van der Waals surface area contributed by atoms with Gasteiger partial charge < -0.3 is 5.32 Å². The van der Waals surface area contributed by atoms with E-state index in [-0.39, 0.29) is 6.42 Å². The molecule has 0 bridgehead atoms. The fourth-order valence-corrected chi connectivity index (χ4v) is 2.41. The van der Waals surface area contributed by atoms with Crippen LogP contribution in [0.25, 0.3) is 10.6 Å². The molecule has 1 amide bonds. The molecule has 2 heterocycles. The molecular formula is C11H13N4O4S2+. The zero-order valence-corrected chi connectivity index (χ0v) is 12.5. The van der Waals surface area contributed by atoms with Crippen molar-refractivity contribution >= 4 is 27.6 Å². The van der Waals surface area contributed by atoms with Crippen molar-refractivity contribution < 1.29 is 22.3 Å². The Morgan fingerprint density at radius 1 is 1.38 bits per heavy atom. The number of amides is 1. The molecule has 0 unspecified atom stereocenters. The molecule has 0 radical (unpaired) electrons. The molecule has 0 aliphatic rings. The molecule has 0 fully saturated rings. The second-order valence-corrected chi connectivity index (χ2v) is 6.38. The van der Waals surface area contributed by atoms with E-state index in [1.807, 2.05) is 12.1 Å². The van der Waals surface area contributed by atoms with Crippen LogP contribution in [-0.4, -0.2) is 34.1 Å². The predicted octanol–water partition coefficient (Wildman–Crippen LogP) is -0.156. The van der Waals surface area contributed by atoms with E-state index in [4.69, 9.17) is 4.55 Å². The zero-order valence-electron chi connectivity index (χ0n) is 10.8. The summed E-state index contributed by atoms with van der Waals surface area (Å²) in [6.07, 6.45) is 5.19. The Morgan fingerprint density at radius 2 is 2.10 bits per heavy atom. The van der Waals surface area contributed by atoms with Crippen LogP contribution < -0.4 is 9.88 Å². The van der Waals surface area contributed by atoms with E-state index in [0.717, 1.165) is 10.6 Å². The molecule has 2 N–H and O–H groups in total. The van der Waals surface area contributed by atoms with Crippen LogP contribution in [0.1, 0.15) is 6.42 Å². The first-order valence-corrected chi connectivity index (χ1v) is 8.30. The average molecular weight is 329 g/mol. The molecule has 21 heavy (non-hydrogen) atoms. The van der Waals surface area contributed by atoms with Gasteiger partial charge >= 0.3 is 0 Å². The van der Waals surface area contributed by atoms with Crippen molar-refractivity contribution in [2.75, 3.05) is 5.88 Å². The molecule has 0 spiro atoms. The summed E-state index contributed by atoms with van der Waals surface area (Å²) >= 11 is 1.29. The SMILES string of the molecule is O=C(CC[n+]1ccc(-c2ncns2)cc1)NCS(=O)(=O)O. The van der Waals surface area contributed by atoms with Gasteiger partial charge in [0.2, 0.25) is 5.91 Å². The lowest BCUT2D eigenvalue weighted by atomic mass is 10.3. The molecule has 10 heteroatoms. The van der Waals surface area contributed by atoms with Gasteiger partial charge in [0, 0.05) is 17.7 Å². The van der Waals surface area contributed by atoms with Crippen LogP contribution in [0.15, 0.2) is 30.9 Å². The van der Waals surface area contributed by atoms with Gasteiger partial charge in [0.15, 0.2) is 18.9 Å². The maximum Gasteiger partial charge on any atom is 0.283 e. The van der Waals surface area contributed by atoms with Crippen molar-refractivity contribution in [3.05, 3.63) is 30.9 Å². The molecule has 0 aliphatic carbocycles. The summed E-state index contributed by atoms with van der Waals surface area (Å²) in [6.45, 7) is 0.397. The van der Waals surface area contributed by atoms with Gasteiger partial charge in [-0.2, -0.15) is 12.8 Å². The molecule has 2 aromatic rings. The van der Waals surface area contributed by atoms with Crippen LogP contribution in [-0.2, 0) is 21.5 Å². The zero-order chi connectivity index (χ0) is 15.3. The van der Waals surface area contributed by atoms with E-state index in [1.165, 1.54) is 17.9 Å². The van der Waals surface area contributed by atoms with Gasteiger partial charge in [-0.1, -0.05) is 0 Å². The predicted molar refractivity (Wildman–Crippen MR) is 74.7 cm³/mol. The lowest BCUT2D eigenvalue weighted by Gasteiger charge is -2.01. The average Bonchev–Trinajstić information content (AvgIpc) is 2.97. The van der Waals surface area contributed by atoms with E-state index >= 15 is 0 Å². The highest BCUT2D eigenvalue weighted by atomic mass is 32.2. The van der Waals surface area contributed by atoms with Crippen LogP contribution >= 0.6 is 11.5 Å². The van der Waals surface area contributed by atoms with Crippen LogP contribution in [0.5, 0.6) is 0 Å². The summed E-state index contributed by atoms with van der Waals surface area (Å²) in [4.78, 5) is 15.5. The lowest BCUT2D eigenvalue weighted by molar-refractivity contribution is -0.695. The molecule has 8 nitrogen and oxygen atoms in total. The fourth-order valence-electron chi connectivity index (χ4n) is 1.54. The van der Waals surface area contributed by atoms with Crippen molar-refractivity contribution in [2.45, 2.75) is 13.0 Å². The Bertz CT molecular complexity index is 698. The van der Waals surface area contributed by atoms with E-state index in [9.17, 15) is 13.2 Å². The molecule has 2 aromatic heterocycles. The lowest BCUT2D eigenvalue weighted by Crippen LogP contribution is -2.37. The molecular weight excluding hydrogens is 316 g/mol. The van der Waals surface area contributed by atoms with Gasteiger partial charge in [-0.25, -0.2) is 9.55 Å². The minimum atomic E-state index is -4.18. The number of carbonyl (C=O) groups excluding carboxylic acids is 1. The molecule has 0 saturated heterocycles. The third-order valence-corrected chi connectivity index (χ3v) is 3.77. The summed E-state index contributed by atoms with van der Waals surface area (Å²) in [5.74, 6) is -1.22. The van der Waals surface area contributed by atoms with Crippen LogP contribution in [0, 0.1) is 0 Å². The molecule has 0 saturated carbocycles. The Morgan fingerprint density at radius 3 is 2.67 bits per heavy atom. The van der Waals surface area contributed by atoms with Gasteiger partial charge in [-0.05, 0) is 11.5 Å². The van der Waals surface area contributed by atoms with Gasteiger partial charge in [-0.3, -0.25) is 9.35 Å². The highest BCUT2D eigenvalue weighted by Gasteiger charge is 2.11. The molecule has 0 aliphatic heterocycles. The second-order valence-electron chi connectivity index (χ2n) is 4.15. The highest BCUT2D eigenvalue weighted by molar-refractivity contribution is 7.85. The van der Waals surface area contributed by atoms with Crippen molar-refractivity contribution in [1.82, 2.24) is 14.7 Å². The minimum absolute atomic E-state index is 0.109. The van der Waals surface area contributed by atoms with Gasteiger partial charge in [0.25, 0.3) is 10.1 Å². The first-order valence-electron chi connectivity index (χ1n) is 5.92. The number of rotatable bonds is 6. The van der Waals surface area contributed by atoms with Gasteiger partial charge in [-0.15, -0.1) is 0 Å². The molecule has 0 atom stereocenters. The number of nitrogens with zero attached hydrogens (tertiary/aromatic N) is 3. The molecule has 112 valence electrons. The first kappa shape index (κ1) is 15.5. The first-order chi connectivity index (χ1) is 9.94. The molecule has 2 rings (SSSR count). The standard InChI is InChI=1S/C11H12N4O4S2/c16-10(13-8-21(17,18)19)3-6-15-4-1-9(2-5-15)11-12-7-14-20-11/h1-2,4-5,7H,3,6,8H2,(H-,13,16,17,18,19)/p+1. The van der Waals surface area contributed by atoms with Crippen LogP contribution in [0.4, 0.5) is 0 Å². The summed E-state index contributed by atoms with van der Waals surface area (Å²) < 4.78 is 35.2. The monoisotopic (exact) mass is 329 g/mol. The summed E-state index contributed by atoms with van der Waals surface area (Å²) in [7, 11) is -4.18. The van der Waals surface area contributed by atoms with E-state index in [1.54, 1.807) is 17.0 Å². The minimum Gasteiger partial charge on any atom is -0.340 e. The number of hydrogen-bond donors (Lipinski definition) is 2. The number of aromatic nitrogens is 3. The number of carbonyl (C=O) groups is 1. The van der Waals surface area contributed by atoms with Gasteiger partial charge in [0.05, 0.1) is 6.42 Å². The summed E-state index contributed by atoms with van der Waals surface area (Å²) in [6, 6.07) is 3.72. The maximum atomic E-state index is 11.4. The number of nitrogens with one attached hydrogen (secondary N) is 1. The Hall–Kier alpha value is -1.91.